The summed E-state index contributed by atoms with van der Waals surface area (Å²) in [6.07, 6.45) is 0.401. The van der Waals surface area contributed by atoms with E-state index in [2.05, 4.69) is 19.8 Å². The van der Waals surface area contributed by atoms with Crippen LogP contribution in [0.4, 0.5) is 0 Å². The Hall–Kier alpha value is -2.20. The molecule has 1 N–H and O–H groups in total. The van der Waals surface area contributed by atoms with E-state index >= 15 is 0 Å². The van der Waals surface area contributed by atoms with E-state index in [9.17, 15) is 13.2 Å². The fraction of sp³-hybridized carbons (Fsp3) is 0.462. The van der Waals surface area contributed by atoms with Crippen LogP contribution in [0.25, 0.3) is 0 Å². The lowest BCUT2D eigenvalue weighted by Crippen LogP contribution is -2.34. The first-order valence-corrected chi connectivity index (χ1v) is 8.22. The fourth-order valence-electron chi connectivity index (χ4n) is 2.05. The van der Waals surface area contributed by atoms with E-state index in [0.717, 1.165) is 18.7 Å². The van der Waals surface area contributed by atoms with Gasteiger partial charge in [0.15, 0.2) is 5.69 Å². The summed E-state index contributed by atoms with van der Waals surface area (Å²) < 4.78 is 41.1. The Bertz CT molecular complexity index is 788. The Balaban J connectivity index is 2.11. The summed E-state index contributed by atoms with van der Waals surface area (Å²) >= 11 is 0. The molecule has 0 saturated carbocycles. The fourth-order valence-corrected chi connectivity index (χ4v) is 3.18. The number of methoxy groups -OCH3 is 1. The van der Waals surface area contributed by atoms with Crippen LogP contribution in [-0.4, -0.2) is 37.9 Å². The second-order valence-electron chi connectivity index (χ2n) is 5.05. The van der Waals surface area contributed by atoms with E-state index in [1.165, 1.54) is 0 Å². The van der Waals surface area contributed by atoms with Crippen molar-refractivity contribution >= 4 is 16.0 Å². The van der Waals surface area contributed by atoms with Crippen LogP contribution in [0.5, 0.6) is 0 Å². The highest BCUT2D eigenvalue weighted by Crippen LogP contribution is 2.16. The molecular weight excluding hydrogens is 326 g/mol. The van der Waals surface area contributed by atoms with E-state index in [0.29, 0.717) is 17.9 Å². The first kappa shape index (κ1) is 17.2. The van der Waals surface area contributed by atoms with Crippen LogP contribution in [-0.2, 0) is 21.2 Å². The average Bonchev–Trinajstić information content (AvgIpc) is 3.09. The van der Waals surface area contributed by atoms with Crippen LogP contribution in [0.3, 0.4) is 0 Å². The minimum atomic E-state index is -3.95. The molecule has 126 valence electrons. The van der Waals surface area contributed by atoms with Crippen molar-refractivity contribution in [1.29, 1.82) is 0 Å². The lowest BCUT2D eigenvalue weighted by Gasteiger charge is -2.12. The van der Waals surface area contributed by atoms with Gasteiger partial charge in [-0.2, -0.15) is 0 Å². The van der Waals surface area contributed by atoms with Crippen molar-refractivity contribution in [2.75, 3.05) is 7.11 Å². The molecular formula is C13H17N3O6S. The van der Waals surface area contributed by atoms with E-state index < -0.39 is 27.1 Å². The van der Waals surface area contributed by atoms with Crippen LogP contribution in [0, 0.1) is 13.8 Å². The van der Waals surface area contributed by atoms with Crippen molar-refractivity contribution in [2.45, 2.75) is 38.3 Å². The predicted octanol–water partition coefficient (Wildman–Crippen LogP) is 0.976. The molecule has 2 aromatic rings. The topological polar surface area (TPSA) is 125 Å². The SMILES string of the molecule is COC(=O)c1cc(S(=O)(=O)NC(C)Cc2c(C)noc2C)on1. The molecule has 0 aliphatic carbocycles. The molecule has 0 radical (unpaired) electrons. The van der Waals surface area contributed by atoms with Crippen LogP contribution in [0.2, 0.25) is 0 Å². The summed E-state index contributed by atoms with van der Waals surface area (Å²) in [7, 11) is -2.79. The number of aromatic nitrogens is 2. The summed E-state index contributed by atoms with van der Waals surface area (Å²) in [6.45, 7) is 5.24. The minimum Gasteiger partial charge on any atom is -0.464 e. The Morgan fingerprint density at radius 1 is 1.35 bits per heavy atom. The molecule has 9 nitrogen and oxygen atoms in total. The maximum absolute atomic E-state index is 12.2. The van der Waals surface area contributed by atoms with Crippen molar-refractivity contribution in [2.24, 2.45) is 0 Å². The Morgan fingerprint density at radius 3 is 2.61 bits per heavy atom. The lowest BCUT2D eigenvalue weighted by atomic mass is 10.1. The second-order valence-corrected chi connectivity index (χ2v) is 6.70. The summed E-state index contributed by atoms with van der Waals surface area (Å²) in [5.41, 5.74) is 1.33. The molecule has 0 fully saturated rings. The van der Waals surface area contributed by atoms with Crippen LogP contribution in [0.1, 0.15) is 34.4 Å². The van der Waals surface area contributed by atoms with Gasteiger partial charge < -0.3 is 13.8 Å². The van der Waals surface area contributed by atoms with E-state index in [1.807, 2.05) is 0 Å². The number of sulfonamides is 1. The third-order valence-electron chi connectivity index (χ3n) is 3.20. The molecule has 0 aromatic carbocycles. The smallest absolute Gasteiger partial charge is 0.360 e. The summed E-state index contributed by atoms with van der Waals surface area (Å²) in [4.78, 5) is 11.3. The molecule has 0 aliphatic rings. The average molecular weight is 343 g/mol. The van der Waals surface area contributed by atoms with Gasteiger partial charge in [-0.05, 0) is 27.2 Å². The van der Waals surface area contributed by atoms with E-state index in [-0.39, 0.29) is 5.69 Å². The zero-order valence-electron chi connectivity index (χ0n) is 13.1. The van der Waals surface area contributed by atoms with Gasteiger partial charge in [-0.15, -0.1) is 0 Å². The number of ether oxygens (including phenoxy) is 1. The number of nitrogens with zero attached hydrogens (tertiary/aromatic N) is 2. The number of hydrogen-bond donors (Lipinski definition) is 1. The van der Waals surface area contributed by atoms with Crippen molar-refractivity contribution in [3.63, 3.8) is 0 Å². The highest BCUT2D eigenvalue weighted by molar-refractivity contribution is 7.89. The van der Waals surface area contributed by atoms with Crippen molar-refractivity contribution in [1.82, 2.24) is 15.0 Å². The molecule has 1 atom stereocenters. The van der Waals surface area contributed by atoms with E-state index in [4.69, 9.17) is 9.05 Å². The molecule has 0 saturated heterocycles. The molecule has 0 aliphatic heterocycles. The van der Waals surface area contributed by atoms with Gasteiger partial charge in [-0.3, -0.25) is 0 Å². The van der Waals surface area contributed by atoms with Crippen LogP contribution in [0.15, 0.2) is 20.2 Å². The highest BCUT2D eigenvalue weighted by Gasteiger charge is 2.25. The highest BCUT2D eigenvalue weighted by atomic mass is 32.2. The Labute approximate surface area is 133 Å². The second kappa shape index (κ2) is 6.50. The molecule has 0 spiro atoms. The maximum Gasteiger partial charge on any atom is 0.360 e. The number of esters is 1. The molecule has 1 unspecified atom stereocenters. The van der Waals surface area contributed by atoms with E-state index in [1.54, 1.807) is 20.8 Å². The van der Waals surface area contributed by atoms with Crippen LogP contribution >= 0.6 is 0 Å². The lowest BCUT2D eigenvalue weighted by molar-refractivity contribution is 0.0588. The summed E-state index contributed by atoms with van der Waals surface area (Å²) in [5, 5.41) is 6.74. The number of rotatable bonds is 6. The molecule has 2 aromatic heterocycles. The first-order valence-electron chi connectivity index (χ1n) is 6.73. The van der Waals surface area contributed by atoms with Gasteiger partial charge in [-0.25, -0.2) is 17.9 Å². The van der Waals surface area contributed by atoms with Crippen LogP contribution < -0.4 is 4.72 Å². The number of carbonyl (C=O) groups excluding carboxylic acids is 1. The Kier molecular flexibility index (Phi) is 4.85. The zero-order valence-corrected chi connectivity index (χ0v) is 13.9. The van der Waals surface area contributed by atoms with Gasteiger partial charge in [-0.1, -0.05) is 10.3 Å². The normalized spacial score (nSPS) is 13.0. The molecule has 2 rings (SSSR count). The van der Waals surface area contributed by atoms with Crippen molar-refractivity contribution < 1.29 is 27.0 Å². The first-order chi connectivity index (χ1) is 10.7. The number of nitrogens with one attached hydrogen (secondary N) is 1. The molecule has 0 bridgehead atoms. The summed E-state index contributed by atoms with van der Waals surface area (Å²) in [6, 6.07) is 0.569. The van der Waals surface area contributed by atoms with Crippen molar-refractivity contribution in [3.8, 4) is 0 Å². The number of aryl methyl sites for hydroxylation is 2. The van der Waals surface area contributed by atoms with Gasteiger partial charge in [0.1, 0.15) is 5.76 Å². The Morgan fingerprint density at radius 2 is 2.04 bits per heavy atom. The standard InChI is InChI=1S/C13H17N3O6S/c1-7(5-10-8(2)14-21-9(10)3)16-23(18,19)12-6-11(15-22-12)13(17)20-4/h6-7,16H,5H2,1-4H3. The largest absolute Gasteiger partial charge is 0.464 e. The van der Waals surface area contributed by atoms with Gasteiger partial charge in [0.05, 0.1) is 12.8 Å². The summed E-state index contributed by atoms with van der Waals surface area (Å²) in [5.74, 6) is -0.139. The van der Waals surface area contributed by atoms with Crippen molar-refractivity contribution in [3.05, 3.63) is 28.8 Å². The van der Waals surface area contributed by atoms with Gasteiger partial charge in [0.2, 0.25) is 0 Å². The molecule has 2 heterocycles. The predicted molar refractivity (Wildman–Crippen MR) is 77.3 cm³/mol. The third kappa shape index (κ3) is 3.77. The quantitative estimate of drug-likeness (QED) is 0.769. The molecule has 23 heavy (non-hydrogen) atoms. The third-order valence-corrected chi connectivity index (χ3v) is 4.63. The monoisotopic (exact) mass is 343 g/mol. The number of hydrogen-bond acceptors (Lipinski definition) is 8. The van der Waals surface area contributed by atoms with Gasteiger partial charge in [0.25, 0.3) is 15.1 Å². The molecule has 0 amide bonds. The zero-order chi connectivity index (χ0) is 17.2. The van der Waals surface area contributed by atoms with Gasteiger partial charge >= 0.3 is 5.97 Å². The molecule has 10 heteroatoms. The minimum absolute atomic E-state index is 0.216. The van der Waals surface area contributed by atoms with Gasteiger partial charge in [0, 0.05) is 17.7 Å². The number of carbonyl (C=O) groups is 1. The maximum atomic E-state index is 12.2.